The number of fused-ring (bicyclic) bond motifs is 1. The molecule has 14 heavy (non-hydrogen) atoms. The van der Waals surface area contributed by atoms with Crippen molar-refractivity contribution in [2.24, 2.45) is 0 Å². The lowest BCUT2D eigenvalue weighted by atomic mass is 10.2. The van der Waals surface area contributed by atoms with E-state index >= 15 is 0 Å². The number of nitriles is 1. The Bertz CT molecular complexity index is 552. The van der Waals surface area contributed by atoms with Crippen molar-refractivity contribution in [1.29, 1.82) is 5.26 Å². The van der Waals surface area contributed by atoms with Crippen LogP contribution in [-0.2, 0) is 0 Å². The van der Waals surface area contributed by atoms with Gasteiger partial charge in [-0.2, -0.15) is 5.26 Å². The molecule has 0 aliphatic heterocycles. The summed E-state index contributed by atoms with van der Waals surface area (Å²) in [7, 11) is 0. The second-order valence-corrected chi connectivity index (χ2v) is 3.56. The Morgan fingerprint density at radius 2 is 2.36 bits per heavy atom. The Labute approximate surface area is 85.8 Å². The van der Waals surface area contributed by atoms with E-state index < -0.39 is 0 Å². The van der Waals surface area contributed by atoms with E-state index in [-0.39, 0.29) is 6.42 Å². The van der Waals surface area contributed by atoms with Gasteiger partial charge in [-0.1, -0.05) is 11.8 Å². The zero-order valence-corrected chi connectivity index (χ0v) is 8.14. The molecule has 0 bridgehead atoms. The first-order valence-electron chi connectivity index (χ1n) is 4.09. The minimum atomic E-state index is 0.273. The normalized spacial score (nSPS) is 9.07. The molecule has 0 spiro atoms. The fourth-order valence-electron chi connectivity index (χ4n) is 1.12. The highest BCUT2D eigenvalue weighted by atomic mass is 32.1. The monoisotopic (exact) mass is 198 g/mol. The first kappa shape index (κ1) is 8.74. The van der Waals surface area contributed by atoms with Gasteiger partial charge in [0.2, 0.25) is 0 Å². The van der Waals surface area contributed by atoms with Crippen molar-refractivity contribution in [3.8, 4) is 17.9 Å². The van der Waals surface area contributed by atoms with E-state index in [1.165, 1.54) is 0 Å². The number of aromatic nitrogens is 1. The zero-order valence-electron chi connectivity index (χ0n) is 7.32. The number of rotatable bonds is 0. The van der Waals surface area contributed by atoms with Crippen molar-refractivity contribution in [1.82, 2.24) is 4.98 Å². The molecule has 0 amide bonds. The maximum Gasteiger partial charge on any atom is 0.0966 e. The van der Waals surface area contributed by atoms with Gasteiger partial charge in [-0.3, -0.25) is 0 Å². The maximum atomic E-state index is 8.32. The summed E-state index contributed by atoms with van der Waals surface area (Å²) in [4.78, 5) is 4.19. The van der Waals surface area contributed by atoms with Gasteiger partial charge in [-0.25, -0.2) is 4.98 Å². The molecule has 2 rings (SSSR count). The standard InChI is InChI=1S/C11H6N2S/c12-6-2-1-3-9-4-5-11-10(7-9)13-8-14-11/h4-5,7-8H,2H2. The molecule has 0 atom stereocenters. The number of hydrogen-bond donors (Lipinski definition) is 0. The Morgan fingerprint density at radius 1 is 1.43 bits per heavy atom. The van der Waals surface area contributed by atoms with Crippen LogP contribution in [0.25, 0.3) is 10.2 Å². The zero-order chi connectivity index (χ0) is 9.80. The van der Waals surface area contributed by atoms with Crippen molar-refractivity contribution in [3.63, 3.8) is 0 Å². The smallest absolute Gasteiger partial charge is 0.0966 e. The van der Waals surface area contributed by atoms with Crippen molar-refractivity contribution < 1.29 is 0 Å². The van der Waals surface area contributed by atoms with Crippen LogP contribution in [0.3, 0.4) is 0 Å². The molecule has 2 nitrogen and oxygen atoms in total. The van der Waals surface area contributed by atoms with Gasteiger partial charge < -0.3 is 0 Å². The molecule has 0 aliphatic rings. The predicted molar refractivity (Wildman–Crippen MR) is 56.7 cm³/mol. The SMILES string of the molecule is N#CCC#Cc1ccc2scnc2c1. The Morgan fingerprint density at radius 3 is 3.21 bits per heavy atom. The molecule has 0 radical (unpaired) electrons. The van der Waals surface area contributed by atoms with Gasteiger partial charge in [0.25, 0.3) is 0 Å². The number of hydrogen-bond acceptors (Lipinski definition) is 3. The quantitative estimate of drug-likeness (QED) is 0.610. The summed E-state index contributed by atoms with van der Waals surface area (Å²) in [5.74, 6) is 5.69. The van der Waals surface area contributed by atoms with Crippen LogP contribution in [0.1, 0.15) is 12.0 Å². The Hall–Kier alpha value is -1.84. The first-order valence-corrected chi connectivity index (χ1v) is 4.97. The number of nitrogens with zero attached hydrogens (tertiary/aromatic N) is 2. The van der Waals surface area contributed by atoms with Crippen LogP contribution in [-0.4, -0.2) is 4.98 Å². The summed E-state index contributed by atoms with van der Waals surface area (Å²) in [5.41, 5.74) is 3.70. The van der Waals surface area contributed by atoms with Crippen molar-refractivity contribution in [2.75, 3.05) is 0 Å². The predicted octanol–water partition coefficient (Wildman–Crippen LogP) is 2.56. The molecule has 66 valence electrons. The second kappa shape index (κ2) is 3.91. The van der Waals surface area contributed by atoms with E-state index in [4.69, 9.17) is 5.26 Å². The third-order valence-electron chi connectivity index (χ3n) is 1.73. The summed E-state index contributed by atoms with van der Waals surface area (Å²) < 4.78 is 1.16. The van der Waals surface area contributed by atoms with E-state index in [0.29, 0.717) is 0 Å². The molecule has 3 heteroatoms. The van der Waals surface area contributed by atoms with Crippen LogP contribution >= 0.6 is 11.3 Å². The second-order valence-electron chi connectivity index (χ2n) is 2.67. The van der Waals surface area contributed by atoms with Crippen LogP contribution in [0.4, 0.5) is 0 Å². The summed E-state index contributed by atoms with van der Waals surface area (Å²) in [6.45, 7) is 0. The average Bonchev–Trinajstić information content (AvgIpc) is 2.65. The van der Waals surface area contributed by atoms with Gasteiger partial charge in [0.1, 0.15) is 0 Å². The highest BCUT2D eigenvalue weighted by molar-refractivity contribution is 7.16. The Kier molecular flexibility index (Phi) is 2.44. The van der Waals surface area contributed by atoms with Gasteiger partial charge >= 0.3 is 0 Å². The molecule has 0 unspecified atom stereocenters. The first-order chi connectivity index (χ1) is 6.90. The van der Waals surface area contributed by atoms with Gasteiger partial charge in [0.05, 0.1) is 28.2 Å². The van der Waals surface area contributed by atoms with E-state index in [1.807, 2.05) is 29.8 Å². The minimum Gasteiger partial charge on any atom is -0.245 e. The maximum absolute atomic E-state index is 8.32. The van der Waals surface area contributed by atoms with E-state index in [2.05, 4.69) is 16.8 Å². The van der Waals surface area contributed by atoms with Crippen LogP contribution in [0.2, 0.25) is 0 Å². The lowest BCUT2D eigenvalue weighted by Gasteiger charge is -1.89. The van der Waals surface area contributed by atoms with Crippen LogP contribution in [0.15, 0.2) is 23.7 Å². The third kappa shape index (κ3) is 1.74. The van der Waals surface area contributed by atoms with Crippen molar-refractivity contribution >= 4 is 21.6 Å². The molecule has 0 saturated heterocycles. The molecule has 1 aromatic carbocycles. The molecule has 0 N–H and O–H groups in total. The summed E-state index contributed by atoms with van der Waals surface area (Å²) in [5, 5.41) is 8.32. The van der Waals surface area contributed by atoms with E-state index in [0.717, 1.165) is 15.8 Å². The third-order valence-corrected chi connectivity index (χ3v) is 2.54. The van der Waals surface area contributed by atoms with Crippen LogP contribution in [0, 0.1) is 23.2 Å². The fourth-order valence-corrected chi connectivity index (χ4v) is 1.78. The van der Waals surface area contributed by atoms with Gasteiger partial charge in [-0.15, -0.1) is 11.3 Å². The molecule has 1 aromatic heterocycles. The molecule has 1 heterocycles. The minimum absolute atomic E-state index is 0.273. The summed E-state index contributed by atoms with van der Waals surface area (Å²) in [6, 6.07) is 7.88. The molecular weight excluding hydrogens is 192 g/mol. The van der Waals surface area contributed by atoms with Crippen molar-refractivity contribution in [3.05, 3.63) is 29.3 Å². The highest BCUT2D eigenvalue weighted by Gasteiger charge is 1.95. The lowest BCUT2D eigenvalue weighted by Crippen LogP contribution is -1.74. The van der Waals surface area contributed by atoms with Gasteiger partial charge in [0.15, 0.2) is 0 Å². The topological polar surface area (TPSA) is 36.7 Å². The molecular formula is C11H6N2S. The summed E-state index contributed by atoms with van der Waals surface area (Å²) in [6.07, 6.45) is 0.273. The molecule has 0 saturated carbocycles. The largest absolute Gasteiger partial charge is 0.245 e. The fraction of sp³-hybridized carbons (Fsp3) is 0.0909. The average molecular weight is 198 g/mol. The van der Waals surface area contributed by atoms with Gasteiger partial charge in [0, 0.05) is 5.56 Å². The van der Waals surface area contributed by atoms with Crippen LogP contribution < -0.4 is 0 Å². The Balaban J connectivity index is 2.37. The lowest BCUT2D eigenvalue weighted by molar-refractivity contribution is 1.39. The number of benzene rings is 1. The van der Waals surface area contributed by atoms with Crippen molar-refractivity contribution in [2.45, 2.75) is 6.42 Å². The van der Waals surface area contributed by atoms with E-state index in [9.17, 15) is 0 Å². The molecule has 0 fully saturated rings. The van der Waals surface area contributed by atoms with Gasteiger partial charge in [-0.05, 0) is 18.2 Å². The summed E-state index contributed by atoms with van der Waals surface area (Å²) >= 11 is 1.61. The van der Waals surface area contributed by atoms with Crippen LogP contribution in [0.5, 0.6) is 0 Å². The molecule has 0 aliphatic carbocycles. The highest BCUT2D eigenvalue weighted by Crippen LogP contribution is 2.18. The number of thiazole rings is 1. The molecule has 2 aromatic rings. The van der Waals surface area contributed by atoms with E-state index in [1.54, 1.807) is 11.3 Å².